The third kappa shape index (κ3) is 7.40. The Labute approximate surface area is 233 Å². The molecule has 1 atom stereocenters. The van der Waals surface area contributed by atoms with Gasteiger partial charge in [-0.15, -0.1) is 0 Å². The molecule has 3 aromatic carbocycles. The highest BCUT2D eigenvalue weighted by molar-refractivity contribution is 7.92. The summed E-state index contributed by atoms with van der Waals surface area (Å²) in [5, 5.41) is 3.27. The van der Waals surface area contributed by atoms with Crippen LogP contribution >= 0.6 is 23.2 Å². The maximum absolute atomic E-state index is 13.9. The van der Waals surface area contributed by atoms with E-state index in [0.29, 0.717) is 15.6 Å². The minimum absolute atomic E-state index is 0.00975. The summed E-state index contributed by atoms with van der Waals surface area (Å²) in [5.41, 5.74) is 1.66. The van der Waals surface area contributed by atoms with E-state index >= 15 is 0 Å². The van der Waals surface area contributed by atoms with Gasteiger partial charge in [0, 0.05) is 20.0 Å². The van der Waals surface area contributed by atoms with Crippen molar-refractivity contribution in [3.63, 3.8) is 0 Å². The molecule has 0 aromatic heterocycles. The van der Waals surface area contributed by atoms with Gasteiger partial charge in [0.05, 0.1) is 29.1 Å². The van der Waals surface area contributed by atoms with Crippen molar-refractivity contribution in [1.29, 1.82) is 0 Å². The van der Waals surface area contributed by atoms with Gasteiger partial charge in [0.15, 0.2) is 0 Å². The van der Waals surface area contributed by atoms with Crippen LogP contribution in [0.3, 0.4) is 0 Å². The Hall–Kier alpha value is -3.27. The minimum Gasteiger partial charge on any atom is -0.495 e. The highest BCUT2D eigenvalue weighted by Gasteiger charge is 2.33. The molecule has 0 radical (unpaired) electrons. The number of rotatable bonds is 11. The van der Waals surface area contributed by atoms with Crippen LogP contribution < -0.4 is 14.4 Å². The molecule has 0 aliphatic heterocycles. The van der Waals surface area contributed by atoms with Gasteiger partial charge < -0.3 is 15.0 Å². The molecular formula is C27H29Cl2N3O5S. The largest absolute Gasteiger partial charge is 0.495 e. The second-order valence-corrected chi connectivity index (χ2v) is 11.3. The summed E-state index contributed by atoms with van der Waals surface area (Å²) in [4.78, 5) is 28.4. The summed E-state index contributed by atoms with van der Waals surface area (Å²) in [7, 11) is -1.01. The van der Waals surface area contributed by atoms with E-state index in [1.54, 1.807) is 42.5 Å². The van der Waals surface area contributed by atoms with Gasteiger partial charge in [-0.1, -0.05) is 71.7 Å². The van der Waals surface area contributed by atoms with Crippen molar-refractivity contribution < 1.29 is 22.7 Å². The second kappa shape index (κ2) is 13.0. The van der Waals surface area contributed by atoms with Gasteiger partial charge in [-0.05, 0) is 35.4 Å². The summed E-state index contributed by atoms with van der Waals surface area (Å²) >= 11 is 12.3. The average Bonchev–Trinajstić information content (AvgIpc) is 2.90. The Bertz CT molecular complexity index is 1390. The smallest absolute Gasteiger partial charge is 0.244 e. The van der Waals surface area contributed by atoms with Gasteiger partial charge in [0.2, 0.25) is 21.8 Å². The number of para-hydroxylation sites is 2. The van der Waals surface area contributed by atoms with Crippen molar-refractivity contribution in [2.75, 3.05) is 31.3 Å². The number of benzene rings is 3. The van der Waals surface area contributed by atoms with Crippen LogP contribution in [0, 0.1) is 0 Å². The van der Waals surface area contributed by atoms with Gasteiger partial charge >= 0.3 is 0 Å². The summed E-state index contributed by atoms with van der Waals surface area (Å²) in [6, 6.07) is 19.7. The summed E-state index contributed by atoms with van der Waals surface area (Å²) in [5.74, 6) is -0.698. The number of amides is 2. The topological polar surface area (TPSA) is 96.0 Å². The monoisotopic (exact) mass is 577 g/mol. The van der Waals surface area contributed by atoms with Crippen molar-refractivity contribution in [1.82, 2.24) is 10.2 Å². The van der Waals surface area contributed by atoms with E-state index in [4.69, 9.17) is 27.9 Å². The summed E-state index contributed by atoms with van der Waals surface area (Å²) in [6.45, 7) is -0.563. The van der Waals surface area contributed by atoms with Crippen LogP contribution in [-0.4, -0.2) is 58.1 Å². The molecule has 0 fully saturated rings. The lowest BCUT2D eigenvalue weighted by atomic mass is 10.0. The number of sulfonamides is 1. The van der Waals surface area contributed by atoms with Gasteiger partial charge in [-0.25, -0.2) is 8.42 Å². The molecule has 11 heteroatoms. The predicted octanol–water partition coefficient (Wildman–Crippen LogP) is 4.15. The van der Waals surface area contributed by atoms with Crippen LogP contribution in [0.15, 0.2) is 72.8 Å². The predicted molar refractivity (Wildman–Crippen MR) is 150 cm³/mol. The standard InChI is InChI=1S/C27H29Cl2N3O5S/c1-30-27(34)24(16-19-9-5-4-6-10-19)31(17-20-13-14-21(28)22(29)15-20)26(33)18-32(38(3,35)36)23-11-7-8-12-25(23)37-2/h4-15,24H,16-18H2,1-3H3,(H,30,34)/t24-/m0/s1. The molecule has 1 N–H and O–H groups in total. The molecule has 0 bridgehead atoms. The molecular weight excluding hydrogens is 549 g/mol. The van der Waals surface area contributed by atoms with E-state index in [2.05, 4.69) is 5.32 Å². The quantitative estimate of drug-likeness (QED) is 0.369. The molecule has 202 valence electrons. The van der Waals surface area contributed by atoms with Crippen LogP contribution in [0.1, 0.15) is 11.1 Å². The molecule has 0 spiro atoms. The zero-order valence-corrected chi connectivity index (χ0v) is 23.6. The van der Waals surface area contributed by atoms with Crippen molar-refractivity contribution in [2.24, 2.45) is 0 Å². The molecule has 0 aliphatic rings. The molecule has 0 saturated heterocycles. The molecule has 38 heavy (non-hydrogen) atoms. The first-order chi connectivity index (χ1) is 18.0. The molecule has 8 nitrogen and oxygen atoms in total. The van der Waals surface area contributed by atoms with E-state index < -0.39 is 34.4 Å². The second-order valence-electron chi connectivity index (χ2n) is 8.53. The summed E-state index contributed by atoms with van der Waals surface area (Å²) < 4.78 is 32.0. The van der Waals surface area contributed by atoms with E-state index in [9.17, 15) is 18.0 Å². The maximum Gasteiger partial charge on any atom is 0.244 e. The highest BCUT2D eigenvalue weighted by atomic mass is 35.5. The molecule has 3 rings (SSSR count). The SMILES string of the molecule is CNC(=O)[C@H](Cc1ccccc1)N(Cc1ccc(Cl)c(Cl)c1)C(=O)CN(c1ccccc1OC)S(C)(=O)=O. The minimum atomic E-state index is -3.91. The summed E-state index contributed by atoms with van der Waals surface area (Å²) in [6.07, 6.45) is 1.22. The lowest BCUT2D eigenvalue weighted by molar-refractivity contribution is -0.139. The number of nitrogens with one attached hydrogen (secondary N) is 1. The molecule has 2 amide bonds. The first-order valence-corrected chi connectivity index (χ1v) is 14.2. The van der Waals surface area contributed by atoms with Gasteiger partial charge in [0.25, 0.3) is 0 Å². The Morgan fingerprint density at radius 2 is 1.61 bits per heavy atom. The van der Waals surface area contributed by atoms with E-state index in [-0.39, 0.29) is 24.4 Å². The molecule has 0 unspecified atom stereocenters. The third-order valence-electron chi connectivity index (χ3n) is 5.89. The van der Waals surface area contributed by atoms with Crippen molar-refractivity contribution in [3.8, 4) is 5.75 Å². The Morgan fingerprint density at radius 1 is 0.947 bits per heavy atom. The number of carbonyl (C=O) groups is 2. The molecule has 0 heterocycles. The fraction of sp³-hybridized carbons (Fsp3) is 0.259. The molecule has 0 saturated carbocycles. The first kappa shape index (κ1) is 29.3. The fourth-order valence-electron chi connectivity index (χ4n) is 3.99. The third-order valence-corrected chi connectivity index (χ3v) is 7.75. The highest BCUT2D eigenvalue weighted by Crippen LogP contribution is 2.30. The lowest BCUT2D eigenvalue weighted by Crippen LogP contribution is -2.52. The number of carbonyl (C=O) groups excluding carboxylic acids is 2. The van der Waals surface area contributed by atoms with Crippen molar-refractivity contribution in [2.45, 2.75) is 19.0 Å². The van der Waals surface area contributed by atoms with Crippen LogP contribution in [-0.2, 0) is 32.6 Å². The van der Waals surface area contributed by atoms with E-state index in [1.165, 1.54) is 19.1 Å². The number of methoxy groups -OCH3 is 1. The number of nitrogens with zero attached hydrogens (tertiary/aromatic N) is 2. The number of hydrogen-bond donors (Lipinski definition) is 1. The normalized spacial score (nSPS) is 11.9. The number of likely N-dealkylation sites (N-methyl/N-ethyl adjacent to an activating group) is 1. The van der Waals surface area contributed by atoms with Gasteiger partial charge in [0.1, 0.15) is 18.3 Å². The van der Waals surface area contributed by atoms with Crippen molar-refractivity contribution in [3.05, 3.63) is 94.0 Å². The fourth-order valence-corrected chi connectivity index (χ4v) is 5.16. The number of ether oxygens (including phenoxy) is 1. The Kier molecular flexibility index (Phi) is 10.0. The number of hydrogen-bond acceptors (Lipinski definition) is 5. The van der Waals surface area contributed by atoms with Crippen molar-refractivity contribution >= 4 is 50.7 Å². The first-order valence-electron chi connectivity index (χ1n) is 11.6. The average molecular weight is 579 g/mol. The van der Waals surface area contributed by atoms with Gasteiger partial charge in [-0.3, -0.25) is 13.9 Å². The number of halogens is 2. The lowest BCUT2D eigenvalue weighted by Gasteiger charge is -2.33. The number of anilines is 1. The van der Waals surface area contributed by atoms with Crippen LogP contribution in [0.25, 0.3) is 0 Å². The molecule has 3 aromatic rings. The van der Waals surface area contributed by atoms with Crippen LogP contribution in [0.2, 0.25) is 10.0 Å². The molecule has 0 aliphatic carbocycles. The Balaban J connectivity index is 2.06. The maximum atomic E-state index is 13.9. The van der Waals surface area contributed by atoms with Crippen LogP contribution in [0.4, 0.5) is 5.69 Å². The van der Waals surface area contributed by atoms with Gasteiger partial charge in [-0.2, -0.15) is 0 Å². The zero-order valence-electron chi connectivity index (χ0n) is 21.2. The van der Waals surface area contributed by atoms with E-state index in [0.717, 1.165) is 16.1 Å². The Morgan fingerprint density at radius 3 is 2.21 bits per heavy atom. The van der Waals surface area contributed by atoms with E-state index in [1.807, 2.05) is 30.3 Å². The van der Waals surface area contributed by atoms with Crippen LogP contribution in [0.5, 0.6) is 5.75 Å². The zero-order chi connectivity index (χ0) is 27.9.